The Morgan fingerprint density at radius 1 is 0.882 bits per heavy atom. The highest BCUT2D eigenvalue weighted by atomic mass is 14.1. The molecular weight excluding hydrogens is 204 g/mol. The fraction of sp³-hybridized carbons (Fsp3) is 0.294. The summed E-state index contributed by atoms with van der Waals surface area (Å²) >= 11 is 0. The van der Waals surface area contributed by atoms with Gasteiger partial charge in [-0.3, -0.25) is 0 Å². The Kier molecular flexibility index (Phi) is 6.09. The van der Waals surface area contributed by atoms with E-state index in [2.05, 4.69) is 67.7 Å². The maximum absolute atomic E-state index is 2.23. The van der Waals surface area contributed by atoms with Crippen LogP contribution in [0.3, 0.4) is 0 Å². The van der Waals surface area contributed by atoms with Gasteiger partial charge in [-0.25, -0.2) is 0 Å². The van der Waals surface area contributed by atoms with E-state index in [9.17, 15) is 0 Å². The van der Waals surface area contributed by atoms with Crippen molar-refractivity contribution in [3.63, 3.8) is 0 Å². The maximum Gasteiger partial charge on any atom is -0.00754 e. The van der Waals surface area contributed by atoms with Crippen molar-refractivity contribution < 1.29 is 0 Å². The minimum absolute atomic E-state index is 0.532. The second kappa shape index (κ2) is 7.67. The van der Waals surface area contributed by atoms with E-state index in [0.29, 0.717) is 5.92 Å². The summed E-state index contributed by atoms with van der Waals surface area (Å²) in [5, 5.41) is 0. The normalized spacial score (nSPS) is 21.9. The van der Waals surface area contributed by atoms with Gasteiger partial charge in [-0.2, -0.15) is 0 Å². The minimum Gasteiger partial charge on any atom is -0.0807 e. The molecule has 0 amide bonds. The molecular formula is C17H22. The minimum atomic E-state index is 0.532. The van der Waals surface area contributed by atoms with Crippen molar-refractivity contribution in [2.24, 2.45) is 5.92 Å². The van der Waals surface area contributed by atoms with Crippen molar-refractivity contribution in [2.45, 2.75) is 27.2 Å². The molecule has 0 bridgehead atoms. The van der Waals surface area contributed by atoms with Gasteiger partial charge in [-0.15, -0.1) is 0 Å². The molecule has 0 aromatic carbocycles. The van der Waals surface area contributed by atoms with E-state index in [1.165, 1.54) is 11.1 Å². The van der Waals surface area contributed by atoms with Gasteiger partial charge in [0, 0.05) is 0 Å². The van der Waals surface area contributed by atoms with Gasteiger partial charge in [0.05, 0.1) is 0 Å². The highest BCUT2D eigenvalue weighted by Gasteiger charge is 2.01. The number of hydrogen-bond donors (Lipinski definition) is 0. The average molecular weight is 226 g/mol. The standard InChI is InChI=1S/C15H16.C2H6/c1-13-7-6-10-15(12-11-13)14-8-4-2-3-5-9-14;1-2/h2,4-13H,3H2,1H3;1-2H3. The Hall–Kier alpha value is -1.56. The van der Waals surface area contributed by atoms with Gasteiger partial charge in [0.15, 0.2) is 0 Å². The SMILES string of the molecule is CC.CC1C=CC=C(C2=CC=CCC=C2)C=C1. The van der Waals surface area contributed by atoms with Crippen molar-refractivity contribution in [1.29, 1.82) is 0 Å². The number of hydrogen-bond acceptors (Lipinski definition) is 0. The van der Waals surface area contributed by atoms with Crippen LogP contribution in [0.25, 0.3) is 0 Å². The molecule has 0 heterocycles. The van der Waals surface area contributed by atoms with Crippen LogP contribution in [0.5, 0.6) is 0 Å². The van der Waals surface area contributed by atoms with E-state index < -0.39 is 0 Å². The van der Waals surface area contributed by atoms with E-state index >= 15 is 0 Å². The predicted molar refractivity (Wildman–Crippen MR) is 77.9 cm³/mol. The molecule has 0 saturated carbocycles. The maximum atomic E-state index is 2.23. The van der Waals surface area contributed by atoms with E-state index in [0.717, 1.165) is 6.42 Å². The second-order valence-corrected chi connectivity index (χ2v) is 3.91. The van der Waals surface area contributed by atoms with E-state index in [1.54, 1.807) is 0 Å². The topological polar surface area (TPSA) is 0 Å². The third-order valence-corrected chi connectivity index (χ3v) is 2.58. The molecule has 0 radical (unpaired) electrons. The predicted octanol–water partition coefficient (Wildman–Crippen LogP) is 5.14. The third kappa shape index (κ3) is 4.44. The van der Waals surface area contributed by atoms with Gasteiger partial charge in [-0.1, -0.05) is 81.5 Å². The van der Waals surface area contributed by atoms with Crippen molar-refractivity contribution in [2.75, 3.05) is 0 Å². The molecule has 0 heteroatoms. The van der Waals surface area contributed by atoms with Gasteiger partial charge in [0.25, 0.3) is 0 Å². The van der Waals surface area contributed by atoms with E-state index in [-0.39, 0.29) is 0 Å². The molecule has 2 aliphatic rings. The zero-order chi connectivity index (χ0) is 12.5. The summed E-state index contributed by atoms with van der Waals surface area (Å²) in [6.45, 7) is 6.20. The first kappa shape index (κ1) is 13.5. The van der Waals surface area contributed by atoms with Crippen molar-refractivity contribution in [3.05, 3.63) is 71.9 Å². The summed E-state index contributed by atoms with van der Waals surface area (Å²) in [6, 6.07) is 0. The Labute approximate surface area is 105 Å². The molecule has 0 aromatic heterocycles. The van der Waals surface area contributed by atoms with Crippen molar-refractivity contribution in [3.8, 4) is 0 Å². The highest BCUT2D eigenvalue weighted by molar-refractivity contribution is 5.51. The van der Waals surface area contributed by atoms with Gasteiger partial charge in [0.2, 0.25) is 0 Å². The monoisotopic (exact) mass is 226 g/mol. The van der Waals surface area contributed by atoms with Crippen LogP contribution in [0.1, 0.15) is 27.2 Å². The van der Waals surface area contributed by atoms with Crippen LogP contribution in [0, 0.1) is 5.92 Å². The lowest BCUT2D eigenvalue weighted by atomic mass is 10.0. The first-order chi connectivity index (χ1) is 8.36. The van der Waals surface area contributed by atoms with E-state index in [1.807, 2.05) is 13.8 Å². The largest absolute Gasteiger partial charge is 0.0807 e. The van der Waals surface area contributed by atoms with Crippen LogP contribution >= 0.6 is 0 Å². The van der Waals surface area contributed by atoms with Gasteiger partial charge in [-0.05, 0) is 23.5 Å². The molecule has 0 spiro atoms. The number of rotatable bonds is 1. The van der Waals surface area contributed by atoms with Gasteiger partial charge in [0.1, 0.15) is 0 Å². The zero-order valence-corrected chi connectivity index (χ0v) is 11.1. The fourth-order valence-corrected chi connectivity index (χ4v) is 1.67. The first-order valence-electron chi connectivity index (χ1n) is 6.47. The van der Waals surface area contributed by atoms with Crippen LogP contribution in [-0.4, -0.2) is 0 Å². The van der Waals surface area contributed by atoms with Gasteiger partial charge >= 0.3 is 0 Å². The zero-order valence-electron chi connectivity index (χ0n) is 11.1. The van der Waals surface area contributed by atoms with Crippen molar-refractivity contribution in [1.82, 2.24) is 0 Å². The fourth-order valence-electron chi connectivity index (χ4n) is 1.67. The Morgan fingerprint density at radius 2 is 1.59 bits per heavy atom. The molecule has 0 aliphatic heterocycles. The van der Waals surface area contributed by atoms with Crippen LogP contribution in [0.15, 0.2) is 71.9 Å². The van der Waals surface area contributed by atoms with Gasteiger partial charge < -0.3 is 0 Å². The first-order valence-corrected chi connectivity index (χ1v) is 6.47. The molecule has 1 atom stereocenters. The summed E-state index contributed by atoms with van der Waals surface area (Å²) in [7, 11) is 0. The number of allylic oxidation sites excluding steroid dienone is 12. The Bertz CT molecular complexity index is 398. The molecule has 0 fully saturated rings. The average Bonchev–Trinajstić information content (AvgIpc) is 2.74. The summed E-state index contributed by atoms with van der Waals surface area (Å²) in [6.07, 6.45) is 22.9. The molecule has 0 nitrogen and oxygen atoms in total. The summed E-state index contributed by atoms with van der Waals surface area (Å²) in [5.41, 5.74) is 2.58. The lowest BCUT2D eigenvalue weighted by Crippen LogP contribution is -1.83. The van der Waals surface area contributed by atoms with Crippen LogP contribution < -0.4 is 0 Å². The molecule has 2 rings (SSSR count). The Balaban J connectivity index is 0.000000686. The molecule has 1 unspecified atom stereocenters. The molecule has 90 valence electrons. The van der Waals surface area contributed by atoms with Crippen LogP contribution in [-0.2, 0) is 0 Å². The smallest absolute Gasteiger partial charge is 0.00754 e. The molecule has 2 aliphatic carbocycles. The quantitative estimate of drug-likeness (QED) is 0.580. The molecule has 0 saturated heterocycles. The Morgan fingerprint density at radius 3 is 2.41 bits per heavy atom. The highest BCUT2D eigenvalue weighted by Crippen LogP contribution is 2.19. The van der Waals surface area contributed by atoms with Crippen molar-refractivity contribution >= 4 is 0 Å². The second-order valence-electron chi connectivity index (χ2n) is 3.91. The van der Waals surface area contributed by atoms with Crippen LogP contribution in [0.4, 0.5) is 0 Å². The molecule has 17 heavy (non-hydrogen) atoms. The van der Waals surface area contributed by atoms with Crippen LogP contribution in [0.2, 0.25) is 0 Å². The summed E-state index contributed by atoms with van der Waals surface area (Å²) < 4.78 is 0. The molecule has 0 N–H and O–H groups in total. The third-order valence-electron chi connectivity index (χ3n) is 2.58. The summed E-state index contributed by atoms with van der Waals surface area (Å²) in [4.78, 5) is 0. The lowest BCUT2D eigenvalue weighted by Gasteiger charge is -2.01. The summed E-state index contributed by atoms with van der Waals surface area (Å²) in [5.74, 6) is 0.532. The molecule has 0 aromatic rings. The van der Waals surface area contributed by atoms with E-state index in [4.69, 9.17) is 0 Å². The lowest BCUT2D eigenvalue weighted by molar-refractivity contribution is 0.942.